The van der Waals surface area contributed by atoms with E-state index in [0.29, 0.717) is 0 Å². The summed E-state index contributed by atoms with van der Waals surface area (Å²) in [5, 5.41) is 0. The average molecular weight is 274 g/mol. The van der Waals surface area contributed by atoms with E-state index in [1.165, 1.54) is 0 Å². The first-order valence-electron chi connectivity index (χ1n) is 5.04. The molecule has 0 atom stereocenters. The van der Waals surface area contributed by atoms with Gasteiger partial charge in [0.05, 0.1) is 0 Å². The van der Waals surface area contributed by atoms with Crippen LogP contribution in [-0.4, -0.2) is 0 Å². The smallest absolute Gasteiger partial charge is 0.0464 e. The summed E-state index contributed by atoms with van der Waals surface area (Å²) < 4.78 is 0.933. The minimum atomic E-state index is 0.758. The standard InChI is InChI=1S/C14H12BrN/c15-13-9-8-12(10-14(13)16)11-6-4-2-1-3-5-7-11/h1-10H,16H2/b2-1-,3-1?,4-2?,5-3-,6-4-,7-5?,11-6?,11-7+. The van der Waals surface area contributed by atoms with Gasteiger partial charge in [-0.1, -0.05) is 48.6 Å². The van der Waals surface area contributed by atoms with Crippen LogP contribution in [0, 0.1) is 0 Å². The zero-order chi connectivity index (χ0) is 11.4. The highest BCUT2D eigenvalue weighted by atomic mass is 79.9. The van der Waals surface area contributed by atoms with Crippen LogP contribution in [0.5, 0.6) is 0 Å². The Kier molecular flexibility index (Phi) is 3.42. The molecule has 0 heterocycles. The fourth-order valence-corrected chi connectivity index (χ4v) is 1.73. The quantitative estimate of drug-likeness (QED) is 0.767. The van der Waals surface area contributed by atoms with E-state index in [9.17, 15) is 0 Å². The molecule has 0 radical (unpaired) electrons. The summed E-state index contributed by atoms with van der Waals surface area (Å²) in [6.07, 6.45) is 14.2. The molecule has 1 aromatic carbocycles. The number of hydrogen-bond acceptors (Lipinski definition) is 1. The van der Waals surface area contributed by atoms with Gasteiger partial charge in [-0.25, -0.2) is 0 Å². The van der Waals surface area contributed by atoms with E-state index in [1.54, 1.807) is 0 Å². The largest absolute Gasteiger partial charge is 0.398 e. The second kappa shape index (κ2) is 4.99. The van der Waals surface area contributed by atoms with Gasteiger partial charge in [-0.05, 0) is 39.2 Å². The lowest BCUT2D eigenvalue weighted by molar-refractivity contribution is 1.57. The number of hydrogen-bond donors (Lipinski definition) is 1. The van der Waals surface area contributed by atoms with Gasteiger partial charge in [0.2, 0.25) is 0 Å². The maximum atomic E-state index is 5.87. The molecule has 1 nitrogen and oxygen atoms in total. The maximum Gasteiger partial charge on any atom is 0.0464 e. The molecular weight excluding hydrogens is 262 g/mol. The monoisotopic (exact) mass is 273 g/mol. The second-order valence-corrected chi connectivity index (χ2v) is 4.34. The average Bonchev–Trinajstić information content (AvgIpc) is 2.22. The molecule has 0 aromatic heterocycles. The van der Waals surface area contributed by atoms with Crippen molar-refractivity contribution in [3.8, 4) is 0 Å². The predicted molar refractivity (Wildman–Crippen MR) is 74.0 cm³/mol. The highest BCUT2D eigenvalue weighted by Crippen LogP contribution is 2.25. The third kappa shape index (κ3) is 2.52. The van der Waals surface area contributed by atoms with E-state index < -0.39 is 0 Å². The van der Waals surface area contributed by atoms with Crippen molar-refractivity contribution in [2.45, 2.75) is 0 Å². The zero-order valence-electron chi connectivity index (χ0n) is 8.73. The van der Waals surface area contributed by atoms with Crippen LogP contribution in [0.1, 0.15) is 5.56 Å². The number of halogens is 1. The molecule has 0 saturated heterocycles. The van der Waals surface area contributed by atoms with Gasteiger partial charge in [-0.2, -0.15) is 0 Å². The number of allylic oxidation sites excluding steroid dienone is 8. The van der Waals surface area contributed by atoms with Crippen LogP contribution in [0.3, 0.4) is 0 Å². The van der Waals surface area contributed by atoms with Crippen LogP contribution in [0.25, 0.3) is 5.57 Å². The highest BCUT2D eigenvalue weighted by molar-refractivity contribution is 9.10. The molecule has 0 unspecified atom stereocenters. The second-order valence-electron chi connectivity index (χ2n) is 3.49. The Morgan fingerprint density at radius 1 is 0.938 bits per heavy atom. The van der Waals surface area contributed by atoms with E-state index in [-0.39, 0.29) is 0 Å². The SMILES string of the molecule is Nc1cc(C2=C/C=C\C=C/C=C\2)ccc1Br. The lowest BCUT2D eigenvalue weighted by Crippen LogP contribution is -1.89. The summed E-state index contributed by atoms with van der Waals surface area (Å²) >= 11 is 3.39. The van der Waals surface area contributed by atoms with Gasteiger partial charge in [0, 0.05) is 10.2 Å². The van der Waals surface area contributed by atoms with Crippen LogP contribution in [0.2, 0.25) is 0 Å². The molecule has 0 fully saturated rings. The van der Waals surface area contributed by atoms with E-state index in [2.05, 4.69) is 34.1 Å². The minimum absolute atomic E-state index is 0.758. The van der Waals surface area contributed by atoms with Crippen LogP contribution >= 0.6 is 15.9 Å². The zero-order valence-corrected chi connectivity index (χ0v) is 10.3. The van der Waals surface area contributed by atoms with Crippen molar-refractivity contribution < 1.29 is 0 Å². The van der Waals surface area contributed by atoms with E-state index in [0.717, 1.165) is 21.3 Å². The van der Waals surface area contributed by atoms with Gasteiger partial charge in [0.25, 0.3) is 0 Å². The van der Waals surface area contributed by atoms with Gasteiger partial charge in [0.1, 0.15) is 0 Å². The van der Waals surface area contributed by atoms with Crippen molar-refractivity contribution in [3.05, 3.63) is 70.8 Å². The van der Waals surface area contributed by atoms with Crippen LogP contribution in [0.4, 0.5) is 5.69 Å². The van der Waals surface area contributed by atoms with Crippen molar-refractivity contribution in [1.82, 2.24) is 0 Å². The minimum Gasteiger partial charge on any atom is -0.398 e. The Balaban J connectivity index is 2.40. The van der Waals surface area contributed by atoms with Crippen molar-refractivity contribution in [1.29, 1.82) is 0 Å². The first kappa shape index (κ1) is 11.0. The van der Waals surface area contributed by atoms with Crippen molar-refractivity contribution in [3.63, 3.8) is 0 Å². The topological polar surface area (TPSA) is 26.0 Å². The molecule has 0 amide bonds. The fraction of sp³-hybridized carbons (Fsp3) is 0. The van der Waals surface area contributed by atoms with Gasteiger partial charge in [-0.15, -0.1) is 0 Å². The molecular formula is C14H12BrN. The van der Waals surface area contributed by atoms with E-state index in [1.807, 2.05) is 42.5 Å². The molecule has 0 bridgehead atoms. The number of rotatable bonds is 1. The van der Waals surface area contributed by atoms with Gasteiger partial charge >= 0.3 is 0 Å². The summed E-state index contributed by atoms with van der Waals surface area (Å²) in [7, 11) is 0. The van der Waals surface area contributed by atoms with E-state index in [4.69, 9.17) is 5.73 Å². The first-order chi connectivity index (χ1) is 7.77. The van der Waals surface area contributed by atoms with Gasteiger partial charge in [0.15, 0.2) is 0 Å². The third-order valence-corrected chi connectivity index (χ3v) is 3.05. The number of benzene rings is 1. The number of anilines is 1. The predicted octanol–water partition coefficient (Wildman–Crippen LogP) is 4.10. The summed E-state index contributed by atoms with van der Waals surface area (Å²) in [6, 6.07) is 5.99. The summed E-state index contributed by atoms with van der Waals surface area (Å²) in [5.74, 6) is 0. The highest BCUT2D eigenvalue weighted by Gasteiger charge is 2.00. The summed E-state index contributed by atoms with van der Waals surface area (Å²) in [4.78, 5) is 0. The molecule has 16 heavy (non-hydrogen) atoms. The Morgan fingerprint density at radius 3 is 2.50 bits per heavy atom. The molecule has 2 rings (SSSR count). The third-order valence-electron chi connectivity index (χ3n) is 2.33. The molecule has 0 saturated carbocycles. The molecule has 0 spiro atoms. The van der Waals surface area contributed by atoms with E-state index >= 15 is 0 Å². The van der Waals surface area contributed by atoms with Crippen LogP contribution < -0.4 is 5.73 Å². The molecule has 80 valence electrons. The van der Waals surface area contributed by atoms with Crippen LogP contribution in [-0.2, 0) is 0 Å². The van der Waals surface area contributed by atoms with Crippen molar-refractivity contribution in [2.75, 3.05) is 5.73 Å². The Bertz CT molecular complexity index is 507. The van der Waals surface area contributed by atoms with Crippen molar-refractivity contribution >= 4 is 27.2 Å². The normalized spacial score (nSPS) is 23.7. The molecule has 0 aliphatic heterocycles. The molecule has 2 N–H and O–H groups in total. The molecule has 1 aromatic rings. The fourth-order valence-electron chi connectivity index (χ4n) is 1.48. The maximum absolute atomic E-state index is 5.87. The molecule has 1 aliphatic rings. The Labute approximate surface area is 104 Å². The molecule has 2 heteroatoms. The lowest BCUT2D eigenvalue weighted by Gasteiger charge is -2.05. The van der Waals surface area contributed by atoms with Crippen molar-refractivity contribution in [2.24, 2.45) is 0 Å². The number of nitrogens with two attached hydrogens (primary N) is 1. The van der Waals surface area contributed by atoms with Crippen LogP contribution in [0.15, 0.2) is 65.2 Å². The summed E-state index contributed by atoms with van der Waals surface area (Å²) in [5.41, 5.74) is 8.90. The Morgan fingerprint density at radius 2 is 1.69 bits per heavy atom. The van der Waals surface area contributed by atoms with Gasteiger partial charge in [-0.3, -0.25) is 0 Å². The first-order valence-corrected chi connectivity index (χ1v) is 5.84. The summed E-state index contributed by atoms with van der Waals surface area (Å²) in [6.45, 7) is 0. The van der Waals surface area contributed by atoms with Gasteiger partial charge < -0.3 is 5.73 Å². The molecule has 1 aliphatic carbocycles. The number of nitrogen functional groups attached to an aromatic ring is 1. The lowest BCUT2D eigenvalue weighted by atomic mass is 10.0. The Hall–Kier alpha value is -1.54.